The Morgan fingerprint density at radius 3 is 2.64 bits per heavy atom. The van der Waals surface area contributed by atoms with Crippen molar-refractivity contribution in [2.24, 2.45) is 5.92 Å². The molecule has 6 nitrogen and oxygen atoms in total. The monoisotopic (exact) mass is 337 g/mol. The highest BCUT2D eigenvalue weighted by Gasteiger charge is 2.31. The van der Waals surface area contributed by atoms with Gasteiger partial charge in [-0.3, -0.25) is 4.79 Å². The molecule has 1 atom stereocenters. The number of nitrogen functional groups attached to an aromatic ring is 1. The number of hydrogen-bond donors (Lipinski definition) is 1. The summed E-state index contributed by atoms with van der Waals surface area (Å²) in [4.78, 5) is 25.5. The summed E-state index contributed by atoms with van der Waals surface area (Å²) in [5.41, 5.74) is 7.89. The SMILES string of the molecule is Nc1cc(C[C@H]2CC(=O)N(c3ccccc3)C2)nc(N2CCCC2)n1. The Labute approximate surface area is 147 Å². The first kappa shape index (κ1) is 15.9. The lowest BCUT2D eigenvalue weighted by atomic mass is 10.0. The third kappa shape index (κ3) is 3.43. The zero-order chi connectivity index (χ0) is 17.2. The Morgan fingerprint density at radius 1 is 1.12 bits per heavy atom. The van der Waals surface area contributed by atoms with Crippen LogP contribution in [-0.4, -0.2) is 35.5 Å². The number of hydrogen-bond acceptors (Lipinski definition) is 5. The van der Waals surface area contributed by atoms with Gasteiger partial charge >= 0.3 is 0 Å². The van der Waals surface area contributed by atoms with Crippen LogP contribution in [0.4, 0.5) is 17.5 Å². The molecule has 2 saturated heterocycles. The second-order valence-corrected chi connectivity index (χ2v) is 6.89. The average Bonchev–Trinajstić information content (AvgIpc) is 3.25. The molecule has 2 aliphatic rings. The molecule has 25 heavy (non-hydrogen) atoms. The molecule has 0 unspecified atom stereocenters. The van der Waals surface area contributed by atoms with E-state index in [4.69, 9.17) is 10.7 Å². The summed E-state index contributed by atoms with van der Waals surface area (Å²) in [6.07, 6.45) is 3.66. The maximum absolute atomic E-state index is 12.4. The zero-order valence-corrected chi connectivity index (χ0v) is 14.3. The van der Waals surface area contributed by atoms with Crippen LogP contribution < -0.4 is 15.5 Å². The van der Waals surface area contributed by atoms with Crippen molar-refractivity contribution in [1.82, 2.24) is 9.97 Å². The molecule has 3 heterocycles. The van der Waals surface area contributed by atoms with E-state index in [1.807, 2.05) is 41.3 Å². The van der Waals surface area contributed by atoms with Gasteiger partial charge in [-0.05, 0) is 37.3 Å². The van der Waals surface area contributed by atoms with E-state index in [0.717, 1.165) is 43.4 Å². The van der Waals surface area contributed by atoms with Crippen LogP contribution >= 0.6 is 0 Å². The van der Waals surface area contributed by atoms with Gasteiger partial charge in [-0.1, -0.05) is 18.2 Å². The predicted molar refractivity (Wildman–Crippen MR) is 98.5 cm³/mol. The number of para-hydroxylation sites is 1. The van der Waals surface area contributed by atoms with Crippen molar-refractivity contribution in [2.75, 3.05) is 35.2 Å². The van der Waals surface area contributed by atoms with Gasteiger partial charge in [-0.2, -0.15) is 4.98 Å². The normalized spacial score (nSPS) is 20.5. The Balaban J connectivity index is 1.48. The second kappa shape index (κ2) is 6.70. The molecule has 6 heteroatoms. The fourth-order valence-corrected chi connectivity index (χ4v) is 3.74. The molecule has 4 rings (SSSR count). The Bertz CT molecular complexity index is 758. The highest BCUT2D eigenvalue weighted by atomic mass is 16.2. The third-order valence-electron chi connectivity index (χ3n) is 4.95. The van der Waals surface area contributed by atoms with E-state index < -0.39 is 0 Å². The molecular formula is C19H23N5O. The smallest absolute Gasteiger partial charge is 0.227 e. The molecule has 2 N–H and O–H groups in total. The number of rotatable bonds is 4. The number of amides is 1. The second-order valence-electron chi connectivity index (χ2n) is 6.89. The summed E-state index contributed by atoms with van der Waals surface area (Å²) in [5.74, 6) is 1.68. The van der Waals surface area contributed by atoms with Gasteiger partial charge in [-0.15, -0.1) is 0 Å². The topological polar surface area (TPSA) is 75.4 Å². The number of aromatic nitrogens is 2. The number of anilines is 3. The van der Waals surface area contributed by atoms with Crippen LogP contribution in [0.3, 0.4) is 0 Å². The Kier molecular flexibility index (Phi) is 4.26. The molecule has 0 bridgehead atoms. The van der Waals surface area contributed by atoms with Crippen molar-refractivity contribution in [3.63, 3.8) is 0 Å². The van der Waals surface area contributed by atoms with Crippen LogP contribution in [0.5, 0.6) is 0 Å². The van der Waals surface area contributed by atoms with Gasteiger partial charge in [-0.25, -0.2) is 4.98 Å². The summed E-state index contributed by atoms with van der Waals surface area (Å²) in [5, 5.41) is 0. The number of carbonyl (C=O) groups excluding carboxylic acids is 1. The van der Waals surface area contributed by atoms with Crippen molar-refractivity contribution in [3.8, 4) is 0 Å². The molecule has 0 radical (unpaired) electrons. The summed E-state index contributed by atoms with van der Waals surface area (Å²) < 4.78 is 0. The number of nitrogens with zero attached hydrogens (tertiary/aromatic N) is 4. The van der Waals surface area contributed by atoms with Crippen LogP contribution in [0.25, 0.3) is 0 Å². The van der Waals surface area contributed by atoms with E-state index in [0.29, 0.717) is 12.2 Å². The Morgan fingerprint density at radius 2 is 1.88 bits per heavy atom. The summed E-state index contributed by atoms with van der Waals surface area (Å²) in [7, 11) is 0. The number of benzene rings is 1. The minimum absolute atomic E-state index is 0.179. The van der Waals surface area contributed by atoms with Crippen LogP contribution in [0.15, 0.2) is 36.4 Å². The van der Waals surface area contributed by atoms with E-state index in [1.54, 1.807) is 0 Å². The molecule has 1 aromatic carbocycles. The first-order chi connectivity index (χ1) is 12.2. The third-order valence-corrected chi connectivity index (χ3v) is 4.95. The molecule has 2 fully saturated rings. The maximum atomic E-state index is 12.4. The van der Waals surface area contributed by atoms with Crippen molar-refractivity contribution in [3.05, 3.63) is 42.1 Å². The van der Waals surface area contributed by atoms with E-state index >= 15 is 0 Å². The first-order valence-electron chi connectivity index (χ1n) is 8.93. The molecule has 0 spiro atoms. The Hall–Kier alpha value is -2.63. The van der Waals surface area contributed by atoms with Crippen LogP contribution in [-0.2, 0) is 11.2 Å². The molecule has 1 amide bonds. The van der Waals surface area contributed by atoms with E-state index in [1.165, 1.54) is 12.8 Å². The summed E-state index contributed by atoms with van der Waals surface area (Å²) in [6, 6.07) is 11.7. The first-order valence-corrected chi connectivity index (χ1v) is 8.93. The molecule has 0 saturated carbocycles. The molecule has 2 aromatic rings. The average molecular weight is 337 g/mol. The van der Waals surface area contributed by atoms with E-state index in [9.17, 15) is 4.79 Å². The van der Waals surface area contributed by atoms with Gasteiger partial charge in [0.15, 0.2) is 0 Å². The largest absolute Gasteiger partial charge is 0.384 e. The molecule has 0 aliphatic carbocycles. The van der Waals surface area contributed by atoms with Gasteiger partial charge < -0.3 is 15.5 Å². The van der Waals surface area contributed by atoms with Crippen molar-refractivity contribution < 1.29 is 4.79 Å². The quantitative estimate of drug-likeness (QED) is 0.926. The van der Waals surface area contributed by atoms with Crippen LogP contribution in [0.2, 0.25) is 0 Å². The molecule has 130 valence electrons. The fourth-order valence-electron chi connectivity index (χ4n) is 3.74. The number of carbonyl (C=O) groups is 1. The standard InChI is InChI=1S/C19H23N5O/c20-17-12-15(21-19(22-17)23-8-4-5-9-23)10-14-11-18(25)24(13-14)16-6-2-1-3-7-16/h1-3,6-7,12,14H,4-5,8-11,13H2,(H2,20,21,22)/t14-/m0/s1. The minimum atomic E-state index is 0.179. The van der Waals surface area contributed by atoms with Crippen molar-refractivity contribution in [1.29, 1.82) is 0 Å². The lowest BCUT2D eigenvalue weighted by molar-refractivity contribution is -0.117. The lowest BCUT2D eigenvalue weighted by Crippen LogP contribution is -2.24. The predicted octanol–water partition coefficient (Wildman–Crippen LogP) is 2.25. The fraction of sp³-hybridized carbons (Fsp3) is 0.421. The van der Waals surface area contributed by atoms with Gasteiger partial charge in [0.1, 0.15) is 5.82 Å². The van der Waals surface area contributed by atoms with Gasteiger partial charge in [0, 0.05) is 43.5 Å². The van der Waals surface area contributed by atoms with Crippen molar-refractivity contribution in [2.45, 2.75) is 25.7 Å². The highest BCUT2D eigenvalue weighted by Crippen LogP contribution is 2.27. The summed E-state index contributed by atoms with van der Waals surface area (Å²) >= 11 is 0. The number of nitrogens with two attached hydrogens (primary N) is 1. The highest BCUT2D eigenvalue weighted by molar-refractivity contribution is 5.95. The van der Waals surface area contributed by atoms with Crippen LogP contribution in [0, 0.1) is 5.92 Å². The molecule has 2 aliphatic heterocycles. The van der Waals surface area contributed by atoms with E-state index in [2.05, 4.69) is 9.88 Å². The van der Waals surface area contributed by atoms with E-state index in [-0.39, 0.29) is 11.8 Å². The molecule has 1 aromatic heterocycles. The van der Waals surface area contributed by atoms with Gasteiger partial charge in [0.2, 0.25) is 11.9 Å². The van der Waals surface area contributed by atoms with Crippen molar-refractivity contribution >= 4 is 23.4 Å². The minimum Gasteiger partial charge on any atom is -0.384 e. The summed E-state index contributed by atoms with van der Waals surface area (Å²) in [6.45, 7) is 2.71. The van der Waals surface area contributed by atoms with Gasteiger partial charge in [0.05, 0.1) is 0 Å². The van der Waals surface area contributed by atoms with Crippen LogP contribution in [0.1, 0.15) is 25.0 Å². The van der Waals surface area contributed by atoms with Gasteiger partial charge in [0.25, 0.3) is 0 Å². The lowest BCUT2D eigenvalue weighted by Gasteiger charge is -2.18. The molecular weight excluding hydrogens is 314 g/mol. The zero-order valence-electron chi connectivity index (χ0n) is 14.3. The maximum Gasteiger partial charge on any atom is 0.227 e.